The summed E-state index contributed by atoms with van der Waals surface area (Å²) in [6, 6.07) is 1.12. The van der Waals surface area contributed by atoms with Crippen LogP contribution >= 0.6 is 0 Å². The monoisotopic (exact) mass is 560 g/mol. The number of carbonyl (C=O) groups excluding carboxylic acids is 2. The van der Waals surface area contributed by atoms with Crippen molar-refractivity contribution in [2.45, 2.75) is 38.8 Å². The fourth-order valence-electron chi connectivity index (χ4n) is 4.02. The fraction of sp³-hybridized carbons (Fsp3) is 0.429. The van der Waals surface area contributed by atoms with Crippen molar-refractivity contribution in [3.8, 4) is 0 Å². The normalized spacial score (nSPS) is 18.1. The molecular formula is C28H38F2N6O4. The van der Waals surface area contributed by atoms with Crippen molar-refractivity contribution in [1.82, 2.24) is 26.3 Å². The highest BCUT2D eigenvalue weighted by Gasteiger charge is 2.24. The summed E-state index contributed by atoms with van der Waals surface area (Å²) in [6.45, 7) is 4.45. The molecule has 0 fully saturated rings. The number of amides is 3. The Hall–Kier alpha value is -3.74. The summed E-state index contributed by atoms with van der Waals surface area (Å²) in [5, 5.41) is 21.9. The molecule has 5 N–H and O–H groups in total. The maximum absolute atomic E-state index is 15.0. The van der Waals surface area contributed by atoms with Crippen LogP contribution in [-0.2, 0) is 9.53 Å². The number of aromatic nitrogens is 1. The number of pyridine rings is 1. The fourth-order valence-corrected chi connectivity index (χ4v) is 4.02. The van der Waals surface area contributed by atoms with Gasteiger partial charge in [-0.05, 0) is 56.0 Å². The number of aliphatic hydroxyl groups excluding tert-OH is 1. The lowest BCUT2D eigenvalue weighted by atomic mass is 9.96. The van der Waals surface area contributed by atoms with Crippen LogP contribution in [0.2, 0.25) is 0 Å². The highest BCUT2D eigenvalue weighted by molar-refractivity contribution is 6.14. The molecule has 1 aliphatic carbocycles. The Labute approximate surface area is 233 Å². The second kappa shape index (κ2) is 16.4. The number of aliphatic imine (C=N–C) groups is 1. The van der Waals surface area contributed by atoms with Crippen molar-refractivity contribution in [3.05, 3.63) is 76.3 Å². The largest absolute Gasteiger partial charge is 0.386 e. The summed E-state index contributed by atoms with van der Waals surface area (Å²) in [7, 11) is 4.55. The Balaban J connectivity index is 2.26. The summed E-state index contributed by atoms with van der Waals surface area (Å²) in [4.78, 5) is 32.9. The van der Waals surface area contributed by atoms with Crippen molar-refractivity contribution in [2.75, 3.05) is 40.9 Å². The zero-order valence-electron chi connectivity index (χ0n) is 23.5. The second-order valence-electron chi connectivity index (χ2n) is 9.03. The first-order chi connectivity index (χ1) is 19.1. The number of hydrogen-bond donors (Lipinski definition) is 5. The van der Waals surface area contributed by atoms with Crippen LogP contribution in [0.3, 0.4) is 0 Å². The van der Waals surface area contributed by atoms with E-state index in [2.05, 4.69) is 31.2 Å². The molecule has 0 spiro atoms. The van der Waals surface area contributed by atoms with Gasteiger partial charge in [0.1, 0.15) is 11.9 Å². The van der Waals surface area contributed by atoms with E-state index in [1.54, 1.807) is 34.1 Å². The third-order valence-corrected chi connectivity index (χ3v) is 6.28. The molecule has 10 nitrogen and oxygen atoms in total. The molecule has 0 radical (unpaired) electrons. The van der Waals surface area contributed by atoms with Gasteiger partial charge < -0.3 is 31.1 Å². The minimum Gasteiger partial charge on any atom is -0.386 e. The molecule has 1 aliphatic rings. The molecule has 2 rings (SSSR count). The van der Waals surface area contributed by atoms with Crippen LogP contribution in [0.1, 0.15) is 38.4 Å². The molecule has 1 aromatic heterocycles. The van der Waals surface area contributed by atoms with Gasteiger partial charge in [0.15, 0.2) is 0 Å². The van der Waals surface area contributed by atoms with Crippen LogP contribution in [0, 0.1) is 5.95 Å². The van der Waals surface area contributed by atoms with Gasteiger partial charge >= 0.3 is 6.03 Å². The molecular weight excluding hydrogens is 522 g/mol. The van der Waals surface area contributed by atoms with Gasteiger partial charge in [-0.15, -0.1) is 0 Å². The van der Waals surface area contributed by atoms with Crippen LogP contribution in [0.15, 0.2) is 69.8 Å². The predicted molar refractivity (Wildman–Crippen MR) is 150 cm³/mol. The smallest absolute Gasteiger partial charge is 0.319 e. The standard InChI is InChI=1S/C28H38F2N6O4/c1-17(25(31-3)19-8-6-7-9-21(22(29)14-19)27(38)32-4)18(2)35-28(39)36-23(16-33-12-13-40-5)26(37)20-10-11-34-24(30)15-20/h6,8,10-11,14-15,23,26,33,37H,7,9,12-13,16H2,1-5H3,(H,32,38)(H2,35,36,39)/b8-6?,18-17+,19-14?,22-21-,31-25?/t23-,26+/m1/s1. The van der Waals surface area contributed by atoms with Gasteiger partial charge in [-0.3, -0.25) is 9.79 Å². The molecule has 0 saturated carbocycles. The number of rotatable bonds is 12. The van der Waals surface area contributed by atoms with Crippen LogP contribution < -0.4 is 21.3 Å². The van der Waals surface area contributed by atoms with E-state index in [0.29, 0.717) is 42.1 Å². The van der Waals surface area contributed by atoms with Gasteiger partial charge in [-0.25, -0.2) is 14.2 Å². The van der Waals surface area contributed by atoms with E-state index < -0.39 is 35.9 Å². The molecule has 0 bridgehead atoms. The van der Waals surface area contributed by atoms with Crippen molar-refractivity contribution >= 4 is 17.6 Å². The molecule has 12 heteroatoms. The molecule has 3 amide bonds. The van der Waals surface area contributed by atoms with Crippen molar-refractivity contribution in [2.24, 2.45) is 4.99 Å². The lowest BCUT2D eigenvalue weighted by Gasteiger charge is -2.25. The summed E-state index contributed by atoms with van der Waals surface area (Å²) in [5.74, 6) is -1.89. The predicted octanol–water partition coefficient (Wildman–Crippen LogP) is 2.77. The number of methoxy groups -OCH3 is 1. The first kappa shape index (κ1) is 32.5. The third-order valence-electron chi connectivity index (χ3n) is 6.28. The van der Waals surface area contributed by atoms with E-state index in [-0.39, 0.29) is 24.1 Å². The number of allylic oxidation sites excluding steroid dienone is 7. The van der Waals surface area contributed by atoms with Crippen molar-refractivity contribution < 1.29 is 28.2 Å². The quantitative estimate of drug-likeness (QED) is 0.152. The molecule has 40 heavy (non-hydrogen) atoms. The lowest BCUT2D eigenvalue weighted by molar-refractivity contribution is -0.117. The zero-order valence-corrected chi connectivity index (χ0v) is 23.5. The van der Waals surface area contributed by atoms with Crippen LogP contribution in [0.25, 0.3) is 0 Å². The number of aliphatic hydroxyl groups is 1. The lowest BCUT2D eigenvalue weighted by Crippen LogP contribution is -2.49. The van der Waals surface area contributed by atoms with Gasteiger partial charge in [0, 0.05) is 51.8 Å². The first-order valence-corrected chi connectivity index (χ1v) is 12.8. The molecule has 218 valence electrons. The summed E-state index contributed by atoms with van der Waals surface area (Å²) in [5.41, 5.74) is 2.16. The maximum Gasteiger partial charge on any atom is 0.319 e. The molecule has 0 aromatic carbocycles. The highest BCUT2D eigenvalue weighted by atomic mass is 19.1. The second-order valence-corrected chi connectivity index (χ2v) is 9.03. The van der Waals surface area contributed by atoms with E-state index in [0.717, 1.165) is 6.07 Å². The molecule has 1 heterocycles. The van der Waals surface area contributed by atoms with Crippen molar-refractivity contribution in [1.29, 1.82) is 0 Å². The molecule has 0 unspecified atom stereocenters. The van der Waals surface area contributed by atoms with Crippen LogP contribution in [0.4, 0.5) is 13.6 Å². The van der Waals surface area contributed by atoms with Gasteiger partial charge in [0.25, 0.3) is 0 Å². The Morgan fingerprint density at radius 3 is 2.67 bits per heavy atom. The topological polar surface area (TPSA) is 137 Å². The van der Waals surface area contributed by atoms with E-state index in [1.165, 1.54) is 25.4 Å². The maximum atomic E-state index is 15.0. The van der Waals surface area contributed by atoms with Gasteiger partial charge in [0.2, 0.25) is 11.9 Å². The van der Waals surface area contributed by atoms with Gasteiger partial charge in [0.05, 0.1) is 23.9 Å². The number of carbonyl (C=O) groups is 2. The van der Waals surface area contributed by atoms with Crippen LogP contribution in [0.5, 0.6) is 0 Å². The summed E-state index contributed by atoms with van der Waals surface area (Å²) < 4.78 is 33.6. The van der Waals surface area contributed by atoms with Crippen LogP contribution in [-0.4, -0.2) is 74.7 Å². The Bertz CT molecular complexity index is 1210. The number of ether oxygens (including phenoxy) is 1. The van der Waals surface area contributed by atoms with Gasteiger partial charge in [-0.2, -0.15) is 4.39 Å². The summed E-state index contributed by atoms with van der Waals surface area (Å²) in [6.07, 6.45) is 5.55. The Morgan fingerprint density at radius 1 is 1.27 bits per heavy atom. The first-order valence-electron chi connectivity index (χ1n) is 12.8. The average Bonchev–Trinajstić information content (AvgIpc) is 2.92. The number of nitrogens with zero attached hydrogens (tertiary/aromatic N) is 2. The van der Waals surface area contributed by atoms with E-state index in [9.17, 15) is 23.5 Å². The van der Waals surface area contributed by atoms with E-state index in [1.807, 2.05) is 6.08 Å². The highest BCUT2D eigenvalue weighted by Crippen LogP contribution is 2.23. The SMILES string of the molecule is CN=C(C1=C/C(F)=C(/C(=O)NC)CCC=C1)/C(C)=C(\C)NC(=O)N[C@H](CNCCOC)[C@@H](O)c1ccnc(F)c1. The zero-order chi connectivity index (χ0) is 29.7. The Kier molecular flexibility index (Phi) is 13.3. The molecule has 0 aliphatic heterocycles. The minimum atomic E-state index is -1.23. The third kappa shape index (κ3) is 9.47. The minimum absolute atomic E-state index is 0.0495. The van der Waals surface area contributed by atoms with Gasteiger partial charge in [-0.1, -0.05) is 12.2 Å². The van der Waals surface area contributed by atoms with E-state index in [4.69, 9.17) is 4.74 Å². The molecule has 0 saturated heterocycles. The number of hydrogen-bond acceptors (Lipinski definition) is 7. The Morgan fingerprint density at radius 2 is 2.02 bits per heavy atom. The van der Waals surface area contributed by atoms with E-state index >= 15 is 0 Å². The number of halogens is 2. The molecule has 2 atom stereocenters. The van der Waals surface area contributed by atoms with Crippen molar-refractivity contribution in [3.63, 3.8) is 0 Å². The average molecular weight is 561 g/mol. The number of nitrogens with one attached hydrogen (secondary N) is 4. The number of urea groups is 1. The number of likely N-dealkylation sites (N-methyl/N-ethyl adjacent to an activating group) is 1. The molecule has 1 aromatic rings. The summed E-state index contributed by atoms with van der Waals surface area (Å²) >= 11 is 0.